The van der Waals surface area contributed by atoms with Crippen molar-refractivity contribution in [2.75, 3.05) is 13.2 Å². The van der Waals surface area contributed by atoms with Gasteiger partial charge in [-0.25, -0.2) is 0 Å². The van der Waals surface area contributed by atoms with E-state index in [2.05, 4.69) is 17.3 Å². The Kier molecular flexibility index (Phi) is 5.74. The molecule has 114 valence electrons. The van der Waals surface area contributed by atoms with Crippen molar-refractivity contribution >= 4 is 5.91 Å². The first-order valence-corrected chi connectivity index (χ1v) is 7.25. The van der Waals surface area contributed by atoms with Crippen molar-refractivity contribution in [3.05, 3.63) is 17.0 Å². The number of amides is 1. The molecule has 1 heterocycles. The van der Waals surface area contributed by atoms with Crippen LogP contribution in [-0.2, 0) is 6.54 Å². The normalized spacial score (nSPS) is 11.7. The van der Waals surface area contributed by atoms with Crippen molar-refractivity contribution < 1.29 is 9.90 Å². The number of nitrogens with one attached hydrogen (secondary N) is 1. The van der Waals surface area contributed by atoms with Gasteiger partial charge in [-0.2, -0.15) is 5.10 Å². The van der Waals surface area contributed by atoms with Crippen molar-refractivity contribution in [1.29, 1.82) is 0 Å². The molecular weight excluding hydrogens is 254 g/mol. The first-order valence-electron chi connectivity index (χ1n) is 7.25. The number of aromatic nitrogens is 2. The highest BCUT2D eigenvalue weighted by atomic mass is 16.3. The molecule has 0 aliphatic carbocycles. The number of aliphatic hydroxyl groups excluding tert-OH is 1. The molecule has 0 aliphatic heterocycles. The third kappa shape index (κ3) is 4.07. The van der Waals surface area contributed by atoms with Gasteiger partial charge in [0, 0.05) is 25.4 Å². The van der Waals surface area contributed by atoms with Crippen LogP contribution in [0, 0.1) is 19.3 Å². The third-order valence-electron chi connectivity index (χ3n) is 3.56. The Morgan fingerprint density at radius 3 is 2.60 bits per heavy atom. The predicted molar refractivity (Wildman–Crippen MR) is 79.8 cm³/mol. The highest BCUT2D eigenvalue weighted by Gasteiger charge is 2.22. The van der Waals surface area contributed by atoms with Crippen molar-refractivity contribution in [1.82, 2.24) is 15.1 Å². The summed E-state index contributed by atoms with van der Waals surface area (Å²) in [5, 5.41) is 16.4. The Hall–Kier alpha value is -1.36. The SMILES string of the molecule is CCCn1nc(C)c(C(=O)NCC(C)(C)CCO)c1C. The van der Waals surface area contributed by atoms with Gasteiger partial charge in [0.05, 0.1) is 11.3 Å². The van der Waals surface area contributed by atoms with Crippen LogP contribution in [0.15, 0.2) is 0 Å². The second-order valence-corrected chi connectivity index (χ2v) is 6.09. The number of nitrogens with zero attached hydrogens (tertiary/aromatic N) is 2. The molecule has 1 rings (SSSR count). The molecule has 1 aromatic heterocycles. The monoisotopic (exact) mass is 281 g/mol. The lowest BCUT2D eigenvalue weighted by Crippen LogP contribution is -2.35. The van der Waals surface area contributed by atoms with E-state index in [4.69, 9.17) is 5.11 Å². The Balaban J connectivity index is 2.78. The van der Waals surface area contributed by atoms with Crippen LogP contribution in [0.5, 0.6) is 0 Å². The fourth-order valence-electron chi connectivity index (χ4n) is 2.25. The van der Waals surface area contributed by atoms with Crippen molar-refractivity contribution in [2.45, 2.75) is 54.0 Å². The van der Waals surface area contributed by atoms with Crippen LogP contribution in [0.3, 0.4) is 0 Å². The molecule has 1 amide bonds. The molecule has 20 heavy (non-hydrogen) atoms. The standard InChI is InChI=1S/C15H27N3O2/c1-6-8-18-12(3)13(11(2)17-18)14(20)16-10-15(4,5)7-9-19/h19H,6-10H2,1-5H3,(H,16,20). The van der Waals surface area contributed by atoms with E-state index in [1.807, 2.05) is 32.4 Å². The van der Waals surface area contributed by atoms with E-state index in [0.717, 1.165) is 24.4 Å². The summed E-state index contributed by atoms with van der Waals surface area (Å²) < 4.78 is 1.89. The van der Waals surface area contributed by atoms with E-state index in [1.54, 1.807) is 0 Å². The van der Waals surface area contributed by atoms with Gasteiger partial charge in [0.2, 0.25) is 0 Å². The smallest absolute Gasteiger partial charge is 0.255 e. The van der Waals surface area contributed by atoms with Gasteiger partial charge in [0.15, 0.2) is 0 Å². The molecule has 0 bridgehead atoms. The topological polar surface area (TPSA) is 67.2 Å². The van der Waals surface area contributed by atoms with E-state index in [1.165, 1.54) is 0 Å². The van der Waals surface area contributed by atoms with Gasteiger partial charge >= 0.3 is 0 Å². The van der Waals surface area contributed by atoms with Crippen molar-refractivity contribution in [3.63, 3.8) is 0 Å². The highest BCUT2D eigenvalue weighted by molar-refractivity contribution is 5.96. The van der Waals surface area contributed by atoms with Crippen molar-refractivity contribution in [3.8, 4) is 0 Å². The molecule has 0 radical (unpaired) electrons. The van der Waals surface area contributed by atoms with Gasteiger partial charge in [-0.3, -0.25) is 9.48 Å². The van der Waals surface area contributed by atoms with Gasteiger partial charge in [-0.15, -0.1) is 0 Å². The second kappa shape index (κ2) is 6.88. The second-order valence-electron chi connectivity index (χ2n) is 6.09. The molecule has 0 saturated carbocycles. The molecule has 1 aromatic rings. The van der Waals surface area contributed by atoms with E-state index >= 15 is 0 Å². The Morgan fingerprint density at radius 1 is 1.40 bits per heavy atom. The summed E-state index contributed by atoms with van der Waals surface area (Å²) in [6, 6.07) is 0. The first-order chi connectivity index (χ1) is 9.32. The van der Waals surface area contributed by atoms with Gasteiger partial charge in [-0.05, 0) is 32.1 Å². The minimum absolute atomic E-state index is 0.0756. The molecule has 0 saturated heterocycles. The molecule has 5 nitrogen and oxygen atoms in total. The number of aryl methyl sites for hydroxylation is 2. The minimum atomic E-state index is -0.106. The number of hydrogen-bond donors (Lipinski definition) is 2. The quantitative estimate of drug-likeness (QED) is 0.804. The van der Waals surface area contributed by atoms with Gasteiger partial charge in [0.1, 0.15) is 0 Å². The predicted octanol–water partition coefficient (Wildman–Crippen LogP) is 2.05. The van der Waals surface area contributed by atoms with Gasteiger partial charge in [0.25, 0.3) is 5.91 Å². The average molecular weight is 281 g/mol. The number of carbonyl (C=O) groups is 1. The molecular formula is C15H27N3O2. The number of hydrogen-bond acceptors (Lipinski definition) is 3. The summed E-state index contributed by atoms with van der Waals surface area (Å²) in [4.78, 5) is 12.3. The molecule has 5 heteroatoms. The van der Waals surface area contributed by atoms with E-state index in [9.17, 15) is 4.79 Å². The minimum Gasteiger partial charge on any atom is -0.396 e. The summed E-state index contributed by atoms with van der Waals surface area (Å²) in [5.74, 6) is -0.0756. The number of aliphatic hydroxyl groups is 1. The van der Waals surface area contributed by atoms with Crippen LogP contribution < -0.4 is 5.32 Å². The maximum absolute atomic E-state index is 12.3. The molecule has 0 fully saturated rings. The van der Waals surface area contributed by atoms with Crippen LogP contribution in [0.4, 0.5) is 0 Å². The van der Waals surface area contributed by atoms with Crippen LogP contribution in [0.25, 0.3) is 0 Å². The van der Waals surface area contributed by atoms with Crippen LogP contribution in [0.1, 0.15) is 55.4 Å². The van der Waals surface area contributed by atoms with E-state index in [0.29, 0.717) is 18.5 Å². The molecule has 0 spiro atoms. The lowest BCUT2D eigenvalue weighted by atomic mass is 9.89. The fourth-order valence-corrected chi connectivity index (χ4v) is 2.25. The zero-order valence-corrected chi connectivity index (χ0v) is 13.3. The maximum Gasteiger partial charge on any atom is 0.255 e. The zero-order valence-electron chi connectivity index (χ0n) is 13.3. The Bertz CT molecular complexity index is 464. The van der Waals surface area contributed by atoms with Crippen molar-refractivity contribution in [2.24, 2.45) is 5.41 Å². The lowest BCUT2D eigenvalue weighted by molar-refractivity contribution is 0.0927. The lowest BCUT2D eigenvalue weighted by Gasteiger charge is -2.23. The summed E-state index contributed by atoms with van der Waals surface area (Å²) >= 11 is 0. The maximum atomic E-state index is 12.3. The first kappa shape index (κ1) is 16.7. The van der Waals surface area contributed by atoms with Gasteiger partial charge < -0.3 is 10.4 Å². The fraction of sp³-hybridized carbons (Fsp3) is 0.733. The van der Waals surface area contributed by atoms with Crippen LogP contribution in [-0.4, -0.2) is 33.9 Å². The number of rotatable bonds is 7. The third-order valence-corrected chi connectivity index (χ3v) is 3.56. The van der Waals surface area contributed by atoms with Crippen LogP contribution in [0.2, 0.25) is 0 Å². The van der Waals surface area contributed by atoms with E-state index < -0.39 is 0 Å². The Morgan fingerprint density at radius 2 is 2.05 bits per heavy atom. The molecule has 0 aromatic carbocycles. The summed E-state index contributed by atoms with van der Waals surface area (Å²) in [6.07, 6.45) is 1.66. The number of carbonyl (C=O) groups excluding carboxylic acids is 1. The average Bonchev–Trinajstić information content (AvgIpc) is 2.62. The Labute approximate surface area is 121 Å². The summed E-state index contributed by atoms with van der Waals surface area (Å²) in [5.41, 5.74) is 2.26. The summed E-state index contributed by atoms with van der Waals surface area (Å²) in [7, 11) is 0. The summed E-state index contributed by atoms with van der Waals surface area (Å²) in [6.45, 7) is 11.5. The van der Waals surface area contributed by atoms with Crippen LogP contribution >= 0.6 is 0 Å². The molecule has 2 N–H and O–H groups in total. The molecule has 0 atom stereocenters. The van der Waals surface area contributed by atoms with E-state index in [-0.39, 0.29) is 17.9 Å². The molecule has 0 unspecified atom stereocenters. The highest BCUT2D eigenvalue weighted by Crippen LogP contribution is 2.19. The molecule has 0 aliphatic rings. The zero-order chi connectivity index (χ0) is 15.3. The largest absolute Gasteiger partial charge is 0.396 e. The van der Waals surface area contributed by atoms with Gasteiger partial charge in [-0.1, -0.05) is 20.8 Å².